The van der Waals surface area contributed by atoms with Gasteiger partial charge >= 0.3 is 5.97 Å². The van der Waals surface area contributed by atoms with Crippen molar-refractivity contribution in [1.29, 1.82) is 0 Å². The van der Waals surface area contributed by atoms with Crippen LogP contribution in [0, 0.1) is 15.9 Å². The number of carboxylic acids is 1. The van der Waals surface area contributed by atoms with E-state index in [4.69, 9.17) is 9.84 Å². The molecule has 0 bridgehead atoms. The molecule has 0 aliphatic carbocycles. The lowest BCUT2D eigenvalue weighted by molar-refractivity contribution is -0.385. The first kappa shape index (κ1) is 13.4. The molecule has 102 valence electrons. The molecule has 1 N–H and O–H groups in total. The molecule has 0 aliphatic rings. The summed E-state index contributed by atoms with van der Waals surface area (Å²) in [6.07, 6.45) is 1.06. The molecule has 0 radical (unpaired) electrons. The number of halogens is 1. The van der Waals surface area contributed by atoms with Gasteiger partial charge in [-0.15, -0.1) is 0 Å². The topological polar surface area (TPSA) is 103 Å². The summed E-state index contributed by atoms with van der Waals surface area (Å²) in [5.41, 5.74) is -0.439. The van der Waals surface area contributed by atoms with Gasteiger partial charge < -0.3 is 9.84 Å². The van der Waals surface area contributed by atoms with Crippen LogP contribution in [0.15, 0.2) is 36.5 Å². The van der Waals surface area contributed by atoms with Gasteiger partial charge in [0.1, 0.15) is 0 Å². The maximum Gasteiger partial charge on any atom is 0.337 e. The van der Waals surface area contributed by atoms with Crippen molar-refractivity contribution in [2.45, 2.75) is 0 Å². The first-order valence-corrected chi connectivity index (χ1v) is 5.28. The van der Waals surface area contributed by atoms with Crippen molar-refractivity contribution in [1.82, 2.24) is 4.98 Å². The summed E-state index contributed by atoms with van der Waals surface area (Å²) in [5, 5.41) is 19.1. The molecule has 8 heteroatoms. The fourth-order valence-corrected chi connectivity index (χ4v) is 1.37. The zero-order valence-electron chi connectivity index (χ0n) is 9.82. The quantitative estimate of drug-likeness (QED) is 0.681. The Balaban J connectivity index is 2.21. The first-order chi connectivity index (χ1) is 9.47. The maximum atomic E-state index is 13.6. The molecule has 1 heterocycles. The largest absolute Gasteiger partial charge is 0.478 e. The number of non-ortho nitro benzene ring substituents is 1. The highest BCUT2D eigenvalue weighted by molar-refractivity contribution is 5.87. The minimum Gasteiger partial charge on any atom is -0.478 e. The number of nitro benzene ring substituents is 1. The Hall–Kier alpha value is -3.03. The van der Waals surface area contributed by atoms with Gasteiger partial charge in [-0.25, -0.2) is 14.2 Å². The van der Waals surface area contributed by atoms with E-state index in [-0.39, 0.29) is 17.2 Å². The third-order valence-electron chi connectivity index (χ3n) is 2.32. The summed E-state index contributed by atoms with van der Waals surface area (Å²) in [6, 6.07) is 5.41. The number of pyridine rings is 1. The van der Waals surface area contributed by atoms with E-state index in [0.29, 0.717) is 0 Å². The molecule has 0 saturated heterocycles. The van der Waals surface area contributed by atoms with Crippen molar-refractivity contribution in [3.05, 3.63) is 58.0 Å². The average Bonchev–Trinajstić information content (AvgIpc) is 2.41. The minimum absolute atomic E-state index is 0.0252. The van der Waals surface area contributed by atoms with Crippen LogP contribution in [0.5, 0.6) is 11.6 Å². The van der Waals surface area contributed by atoms with E-state index >= 15 is 0 Å². The monoisotopic (exact) mass is 278 g/mol. The number of aromatic carboxylic acids is 1. The fourth-order valence-electron chi connectivity index (χ4n) is 1.37. The summed E-state index contributed by atoms with van der Waals surface area (Å²) in [6.45, 7) is 0. The zero-order chi connectivity index (χ0) is 14.7. The number of nitrogens with zero attached hydrogens (tertiary/aromatic N) is 2. The van der Waals surface area contributed by atoms with E-state index in [0.717, 1.165) is 24.4 Å². The number of rotatable bonds is 4. The third-order valence-corrected chi connectivity index (χ3v) is 2.32. The maximum absolute atomic E-state index is 13.6. The normalized spacial score (nSPS) is 10.1. The van der Waals surface area contributed by atoms with E-state index in [9.17, 15) is 19.3 Å². The third kappa shape index (κ3) is 2.86. The van der Waals surface area contributed by atoms with Crippen molar-refractivity contribution in [3.63, 3.8) is 0 Å². The number of nitro groups is 1. The van der Waals surface area contributed by atoms with Gasteiger partial charge in [-0.3, -0.25) is 10.1 Å². The summed E-state index contributed by atoms with van der Waals surface area (Å²) >= 11 is 0. The Kier molecular flexibility index (Phi) is 3.56. The molecule has 1 aromatic carbocycles. The van der Waals surface area contributed by atoms with Gasteiger partial charge in [-0.2, -0.15) is 0 Å². The van der Waals surface area contributed by atoms with Gasteiger partial charge in [-0.1, -0.05) is 0 Å². The highest BCUT2D eigenvalue weighted by Crippen LogP contribution is 2.26. The van der Waals surface area contributed by atoms with Crippen LogP contribution < -0.4 is 4.74 Å². The predicted octanol–water partition coefficient (Wildman–Crippen LogP) is 2.62. The Morgan fingerprint density at radius 1 is 1.35 bits per heavy atom. The lowest BCUT2D eigenvalue weighted by atomic mass is 10.3. The lowest BCUT2D eigenvalue weighted by Gasteiger charge is -2.05. The summed E-state index contributed by atoms with van der Waals surface area (Å²) < 4.78 is 18.6. The zero-order valence-corrected chi connectivity index (χ0v) is 9.82. The molecule has 1 aromatic heterocycles. The SMILES string of the molecule is O=C(O)c1ccc(Oc2ccc([N+](=O)[O-])cc2F)nc1. The van der Waals surface area contributed by atoms with E-state index < -0.39 is 22.4 Å². The molecule has 0 fully saturated rings. The molecule has 7 nitrogen and oxygen atoms in total. The summed E-state index contributed by atoms with van der Waals surface area (Å²) in [7, 11) is 0. The Bertz CT molecular complexity index is 672. The second-order valence-corrected chi connectivity index (χ2v) is 3.66. The Labute approximate surface area is 111 Å². The molecule has 0 atom stereocenters. The molecule has 2 rings (SSSR count). The lowest BCUT2D eigenvalue weighted by Crippen LogP contribution is -1.98. The van der Waals surface area contributed by atoms with Gasteiger partial charge in [0.2, 0.25) is 5.88 Å². The Morgan fingerprint density at radius 3 is 2.60 bits per heavy atom. The second kappa shape index (κ2) is 5.31. The number of carboxylic acid groups (broad SMARTS) is 1. The van der Waals surface area contributed by atoms with Crippen LogP contribution in [0.1, 0.15) is 10.4 Å². The second-order valence-electron chi connectivity index (χ2n) is 3.66. The standard InChI is InChI=1S/C12H7FN2O5/c13-9-5-8(15(18)19)2-3-10(9)20-11-4-1-7(6-14-11)12(16)17/h1-6H,(H,16,17). The molecule has 0 aliphatic heterocycles. The van der Waals surface area contributed by atoms with Crippen LogP contribution >= 0.6 is 0 Å². The summed E-state index contributed by atoms with van der Waals surface area (Å²) in [4.78, 5) is 24.0. The van der Waals surface area contributed by atoms with Gasteiger partial charge in [0.05, 0.1) is 16.6 Å². The number of benzene rings is 1. The van der Waals surface area contributed by atoms with Crippen LogP contribution in [0.3, 0.4) is 0 Å². The van der Waals surface area contributed by atoms with Crippen molar-refractivity contribution in [3.8, 4) is 11.6 Å². The van der Waals surface area contributed by atoms with Crippen LogP contribution in [-0.2, 0) is 0 Å². The van der Waals surface area contributed by atoms with Crippen LogP contribution in [0.2, 0.25) is 0 Å². The van der Waals surface area contributed by atoms with Crippen LogP contribution in [0.25, 0.3) is 0 Å². The Morgan fingerprint density at radius 2 is 2.10 bits per heavy atom. The van der Waals surface area contributed by atoms with Gasteiger partial charge in [-0.05, 0) is 12.1 Å². The highest BCUT2D eigenvalue weighted by Gasteiger charge is 2.13. The van der Waals surface area contributed by atoms with E-state index in [2.05, 4.69) is 4.98 Å². The first-order valence-electron chi connectivity index (χ1n) is 5.28. The fraction of sp³-hybridized carbons (Fsp3) is 0. The van der Waals surface area contributed by atoms with E-state index in [1.54, 1.807) is 0 Å². The number of aromatic nitrogens is 1. The molecule has 2 aromatic rings. The van der Waals surface area contributed by atoms with E-state index in [1.165, 1.54) is 12.1 Å². The van der Waals surface area contributed by atoms with Crippen LogP contribution in [-0.4, -0.2) is 21.0 Å². The molecule has 0 saturated carbocycles. The number of ether oxygens (including phenoxy) is 1. The van der Waals surface area contributed by atoms with E-state index in [1.807, 2.05) is 0 Å². The molecule has 0 unspecified atom stereocenters. The number of carbonyl (C=O) groups is 1. The van der Waals surface area contributed by atoms with Crippen LogP contribution in [0.4, 0.5) is 10.1 Å². The van der Waals surface area contributed by atoms with Crippen molar-refractivity contribution in [2.24, 2.45) is 0 Å². The minimum atomic E-state index is -1.15. The number of hydrogen-bond acceptors (Lipinski definition) is 5. The smallest absolute Gasteiger partial charge is 0.337 e. The van der Waals surface area contributed by atoms with Gasteiger partial charge in [0, 0.05) is 18.3 Å². The number of hydrogen-bond donors (Lipinski definition) is 1. The van der Waals surface area contributed by atoms with Crippen molar-refractivity contribution in [2.75, 3.05) is 0 Å². The van der Waals surface area contributed by atoms with Gasteiger partial charge in [0.25, 0.3) is 5.69 Å². The summed E-state index contributed by atoms with van der Waals surface area (Å²) in [5.74, 6) is -2.33. The molecule has 0 spiro atoms. The van der Waals surface area contributed by atoms with Crippen molar-refractivity contribution >= 4 is 11.7 Å². The average molecular weight is 278 g/mol. The van der Waals surface area contributed by atoms with Gasteiger partial charge in [0.15, 0.2) is 11.6 Å². The van der Waals surface area contributed by atoms with Crippen molar-refractivity contribution < 1.29 is 24.0 Å². The molecular formula is C12H7FN2O5. The molecular weight excluding hydrogens is 271 g/mol. The highest BCUT2D eigenvalue weighted by atomic mass is 19.1. The predicted molar refractivity (Wildman–Crippen MR) is 64.3 cm³/mol. The molecule has 20 heavy (non-hydrogen) atoms. The molecule has 0 amide bonds.